The van der Waals surface area contributed by atoms with Crippen LogP contribution in [0.25, 0.3) is 11.5 Å². The van der Waals surface area contributed by atoms with Crippen molar-refractivity contribution >= 4 is 0 Å². The Morgan fingerprint density at radius 1 is 1.35 bits per heavy atom. The predicted octanol–water partition coefficient (Wildman–Crippen LogP) is 1.86. The molecular weight excluding hydrogens is 259 g/mol. The maximum absolute atomic E-state index is 12.8. The van der Waals surface area contributed by atoms with Crippen LogP contribution in [-0.4, -0.2) is 20.5 Å². The number of hydrogen-bond donors (Lipinski definition) is 2. The number of halogens is 1. The molecule has 0 aliphatic heterocycles. The second-order valence-corrected chi connectivity index (χ2v) is 5.55. The van der Waals surface area contributed by atoms with Crippen molar-refractivity contribution in [1.29, 1.82) is 0 Å². The van der Waals surface area contributed by atoms with Crippen LogP contribution in [-0.2, 0) is 6.54 Å². The lowest BCUT2D eigenvalue weighted by Gasteiger charge is -2.20. The summed E-state index contributed by atoms with van der Waals surface area (Å²) < 4.78 is 12.8. The largest absolute Gasteiger partial charge is 0.306 e. The average molecular weight is 276 g/mol. The van der Waals surface area contributed by atoms with E-state index in [0.29, 0.717) is 23.8 Å². The molecule has 0 bridgehead atoms. The molecule has 2 heterocycles. The lowest BCUT2D eigenvalue weighted by molar-refractivity contribution is 0.421. The molecule has 0 saturated carbocycles. The molecule has 2 aromatic heterocycles. The Labute approximate surface area is 116 Å². The highest BCUT2D eigenvalue weighted by atomic mass is 19.1. The van der Waals surface area contributed by atoms with E-state index in [1.807, 2.05) is 20.8 Å². The molecule has 0 saturated heterocycles. The number of pyridine rings is 1. The number of nitrogens with zero attached hydrogens (tertiary/aromatic N) is 2. The van der Waals surface area contributed by atoms with Crippen LogP contribution in [0.4, 0.5) is 4.39 Å². The van der Waals surface area contributed by atoms with E-state index in [1.54, 1.807) is 0 Å². The molecule has 5 nitrogen and oxygen atoms in total. The minimum atomic E-state index is -0.429. The normalized spacial score (nSPS) is 11.6. The maximum Gasteiger partial charge on any atom is 0.251 e. The average Bonchev–Trinajstić information content (AvgIpc) is 2.36. The zero-order valence-electron chi connectivity index (χ0n) is 11.7. The van der Waals surface area contributed by atoms with Crippen molar-refractivity contribution < 1.29 is 4.39 Å². The van der Waals surface area contributed by atoms with E-state index in [4.69, 9.17) is 0 Å². The first-order valence-electron chi connectivity index (χ1n) is 6.31. The van der Waals surface area contributed by atoms with Crippen molar-refractivity contribution in [3.05, 3.63) is 46.3 Å². The molecule has 6 heteroatoms. The first-order chi connectivity index (χ1) is 9.33. The highest BCUT2D eigenvalue weighted by Gasteiger charge is 2.11. The molecule has 2 N–H and O–H groups in total. The lowest BCUT2D eigenvalue weighted by Crippen LogP contribution is -2.35. The van der Waals surface area contributed by atoms with Gasteiger partial charge in [-0.2, -0.15) is 0 Å². The van der Waals surface area contributed by atoms with Gasteiger partial charge in [-0.15, -0.1) is 0 Å². The molecule has 2 rings (SSSR count). The van der Waals surface area contributed by atoms with Crippen molar-refractivity contribution in [2.24, 2.45) is 0 Å². The minimum Gasteiger partial charge on any atom is -0.306 e. The van der Waals surface area contributed by atoms with Crippen LogP contribution in [0.15, 0.2) is 29.2 Å². The molecule has 0 aliphatic carbocycles. The monoisotopic (exact) mass is 276 g/mol. The van der Waals surface area contributed by atoms with Crippen molar-refractivity contribution in [1.82, 2.24) is 20.3 Å². The minimum absolute atomic E-state index is 0.0709. The Morgan fingerprint density at radius 3 is 2.70 bits per heavy atom. The fourth-order valence-electron chi connectivity index (χ4n) is 1.59. The van der Waals surface area contributed by atoms with Gasteiger partial charge in [0.2, 0.25) is 0 Å². The van der Waals surface area contributed by atoms with Crippen LogP contribution < -0.4 is 10.9 Å². The number of aromatic nitrogens is 3. The second-order valence-electron chi connectivity index (χ2n) is 5.55. The summed E-state index contributed by atoms with van der Waals surface area (Å²) in [5.41, 5.74) is 0.719. The summed E-state index contributed by atoms with van der Waals surface area (Å²) in [5, 5.41) is 3.26. The Hall–Kier alpha value is -2.08. The molecule has 0 atom stereocenters. The fourth-order valence-corrected chi connectivity index (χ4v) is 1.59. The number of nitrogens with one attached hydrogen (secondary N) is 2. The summed E-state index contributed by atoms with van der Waals surface area (Å²) in [6.07, 6.45) is 1.09. The Morgan fingerprint density at radius 2 is 2.10 bits per heavy atom. The molecule has 0 aromatic carbocycles. The highest BCUT2D eigenvalue weighted by molar-refractivity contribution is 5.48. The summed E-state index contributed by atoms with van der Waals surface area (Å²) in [7, 11) is 0. The Bertz CT molecular complexity index is 643. The summed E-state index contributed by atoms with van der Waals surface area (Å²) >= 11 is 0. The standard InChI is InChI=1S/C14H17FN4O/c1-14(2,3)17-8-10-6-12(20)19-13(18-10)11-5-4-9(15)7-16-11/h4-7,17H,8H2,1-3H3,(H,18,19,20). The van der Waals surface area contributed by atoms with Crippen LogP contribution in [0.5, 0.6) is 0 Å². The number of rotatable bonds is 3. The van der Waals surface area contributed by atoms with Gasteiger partial charge in [0.25, 0.3) is 5.56 Å². The van der Waals surface area contributed by atoms with Crippen LogP contribution in [0, 0.1) is 5.82 Å². The topological polar surface area (TPSA) is 70.7 Å². The lowest BCUT2D eigenvalue weighted by atomic mass is 10.1. The molecule has 0 radical (unpaired) electrons. The van der Waals surface area contributed by atoms with Gasteiger partial charge < -0.3 is 10.3 Å². The van der Waals surface area contributed by atoms with Gasteiger partial charge in [-0.3, -0.25) is 4.79 Å². The molecule has 0 aliphatic rings. The highest BCUT2D eigenvalue weighted by Crippen LogP contribution is 2.11. The van der Waals surface area contributed by atoms with E-state index >= 15 is 0 Å². The van der Waals surface area contributed by atoms with Crippen LogP contribution in [0.1, 0.15) is 26.5 Å². The predicted molar refractivity (Wildman–Crippen MR) is 74.6 cm³/mol. The Kier molecular flexibility index (Phi) is 3.94. The number of H-pyrrole nitrogens is 1. The van der Waals surface area contributed by atoms with Crippen LogP contribution >= 0.6 is 0 Å². The first kappa shape index (κ1) is 14.3. The first-order valence-corrected chi connectivity index (χ1v) is 6.31. The molecule has 0 spiro atoms. The third-order valence-corrected chi connectivity index (χ3v) is 2.56. The van der Waals surface area contributed by atoms with Crippen molar-refractivity contribution in [2.75, 3.05) is 0 Å². The summed E-state index contributed by atoms with van der Waals surface area (Å²) in [6.45, 7) is 6.56. The Balaban J connectivity index is 2.29. The van der Waals surface area contributed by atoms with Crippen molar-refractivity contribution in [2.45, 2.75) is 32.9 Å². The SMILES string of the molecule is CC(C)(C)NCc1cc(=O)[nH]c(-c2ccc(F)cn2)n1. The fraction of sp³-hybridized carbons (Fsp3) is 0.357. The van der Waals surface area contributed by atoms with Gasteiger partial charge in [0.1, 0.15) is 11.5 Å². The van der Waals surface area contributed by atoms with E-state index in [-0.39, 0.29) is 11.1 Å². The summed E-state index contributed by atoms with van der Waals surface area (Å²) in [4.78, 5) is 22.5. The molecule has 2 aromatic rings. The van der Waals surface area contributed by atoms with Crippen molar-refractivity contribution in [3.8, 4) is 11.5 Å². The van der Waals surface area contributed by atoms with Gasteiger partial charge in [0.15, 0.2) is 5.82 Å². The maximum atomic E-state index is 12.8. The van der Waals surface area contributed by atoms with E-state index in [9.17, 15) is 9.18 Å². The summed E-state index contributed by atoms with van der Waals surface area (Å²) in [6, 6.07) is 4.20. The van der Waals surface area contributed by atoms with E-state index in [0.717, 1.165) is 6.20 Å². The third-order valence-electron chi connectivity index (χ3n) is 2.56. The van der Waals surface area contributed by atoms with E-state index in [2.05, 4.69) is 20.3 Å². The molecule has 0 amide bonds. The van der Waals surface area contributed by atoms with Crippen LogP contribution in [0.3, 0.4) is 0 Å². The van der Waals surface area contributed by atoms with Gasteiger partial charge in [0, 0.05) is 18.2 Å². The zero-order valence-corrected chi connectivity index (χ0v) is 11.7. The van der Waals surface area contributed by atoms with Gasteiger partial charge in [0.05, 0.1) is 11.9 Å². The van der Waals surface area contributed by atoms with Crippen molar-refractivity contribution in [3.63, 3.8) is 0 Å². The number of hydrogen-bond acceptors (Lipinski definition) is 4. The number of aromatic amines is 1. The van der Waals surface area contributed by atoms with Gasteiger partial charge in [-0.05, 0) is 32.9 Å². The molecule has 0 unspecified atom stereocenters. The van der Waals surface area contributed by atoms with Gasteiger partial charge in [-0.25, -0.2) is 14.4 Å². The van der Waals surface area contributed by atoms with Gasteiger partial charge >= 0.3 is 0 Å². The molecular formula is C14H17FN4O. The van der Waals surface area contributed by atoms with E-state index in [1.165, 1.54) is 18.2 Å². The second kappa shape index (κ2) is 5.50. The molecule has 106 valence electrons. The quantitative estimate of drug-likeness (QED) is 0.897. The van der Waals surface area contributed by atoms with Gasteiger partial charge in [-0.1, -0.05) is 0 Å². The zero-order chi connectivity index (χ0) is 14.8. The molecule has 0 fully saturated rings. The third kappa shape index (κ3) is 3.96. The van der Waals surface area contributed by atoms with Crippen LogP contribution in [0.2, 0.25) is 0 Å². The molecule has 20 heavy (non-hydrogen) atoms. The van der Waals surface area contributed by atoms with E-state index < -0.39 is 5.82 Å². The summed E-state index contributed by atoms with van der Waals surface area (Å²) in [5.74, 6) is -0.0927. The smallest absolute Gasteiger partial charge is 0.251 e.